The molecule has 1 heterocycles. The lowest BCUT2D eigenvalue weighted by atomic mass is 10.2. The van der Waals surface area contributed by atoms with Crippen LogP contribution in [-0.4, -0.2) is 40.4 Å². The predicted octanol–water partition coefficient (Wildman–Crippen LogP) is -0.917. The molecule has 62 valence electrons. The van der Waals surface area contributed by atoms with Crippen LogP contribution >= 0.6 is 0 Å². The summed E-state index contributed by atoms with van der Waals surface area (Å²) >= 11 is 0. The quantitative estimate of drug-likeness (QED) is 0.452. The van der Waals surface area contributed by atoms with Crippen molar-refractivity contribution in [2.24, 2.45) is 0 Å². The molecule has 0 radical (unpaired) electrons. The minimum absolute atomic E-state index is 0. The molecule has 1 rings (SSSR count). The first-order chi connectivity index (χ1) is 4.24. The maximum Gasteiger partial charge on any atom is 0.157 e. The van der Waals surface area contributed by atoms with Gasteiger partial charge in [-0.15, -0.1) is 0 Å². The molecular weight excluding hydrogens is 136 g/mol. The van der Waals surface area contributed by atoms with Crippen LogP contribution in [0.15, 0.2) is 0 Å². The van der Waals surface area contributed by atoms with Gasteiger partial charge in [0, 0.05) is 6.42 Å². The lowest BCUT2D eigenvalue weighted by Gasteiger charge is -2.08. The Kier molecular flexibility index (Phi) is 3.81. The van der Waals surface area contributed by atoms with Crippen molar-refractivity contribution in [1.29, 1.82) is 0 Å². The Balaban J connectivity index is 0.000000810. The molecule has 4 heteroatoms. The van der Waals surface area contributed by atoms with Crippen LogP contribution in [0.2, 0.25) is 0 Å². The highest BCUT2D eigenvalue weighted by Crippen LogP contribution is 2.17. The lowest BCUT2D eigenvalue weighted by molar-refractivity contribution is -0.107. The minimum Gasteiger partial charge on any atom is -0.394 e. The normalized spacial score (nSPS) is 39.3. The van der Waals surface area contributed by atoms with E-state index in [4.69, 9.17) is 15.3 Å². The van der Waals surface area contributed by atoms with Gasteiger partial charge in [0.2, 0.25) is 0 Å². The molecule has 0 amide bonds. The number of rotatable bonds is 1. The van der Waals surface area contributed by atoms with Gasteiger partial charge in [-0.25, -0.2) is 0 Å². The fraction of sp³-hybridized carbons (Fsp3) is 1.00. The lowest BCUT2D eigenvalue weighted by Crippen LogP contribution is -2.24. The zero-order valence-electron chi connectivity index (χ0n) is 4.90. The van der Waals surface area contributed by atoms with Gasteiger partial charge in [-0.1, -0.05) is 7.43 Å². The Bertz CT molecular complexity index is 95.7. The van der Waals surface area contributed by atoms with Gasteiger partial charge in [-0.2, -0.15) is 0 Å². The smallest absolute Gasteiger partial charge is 0.157 e. The Labute approximate surface area is 60.1 Å². The van der Waals surface area contributed by atoms with Crippen molar-refractivity contribution >= 4 is 0 Å². The average molecular weight is 150 g/mol. The third-order valence-corrected chi connectivity index (χ3v) is 1.38. The van der Waals surface area contributed by atoms with Crippen LogP contribution in [0.1, 0.15) is 13.8 Å². The van der Waals surface area contributed by atoms with Gasteiger partial charge < -0.3 is 20.1 Å². The topological polar surface area (TPSA) is 69.9 Å². The number of ether oxygens (including phenoxy) is 1. The van der Waals surface area contributed by atoms with Crippen LogP contribution in [0.4, 0.5) is 0 Å². The summed E-state index contributed by atoms with van der Waals surface area (Å²) in [5.41, 5.74) is 0. The van der Waals surface area contributed by atoms with Crippen LogP contribution < -0.4 is 0 Å². The summed E-state index contributed by atoms with van der Waals surface area (Å²) < 4.78 is 4.68. The zero-order chi connectivity index (χ0) is 6.85. The van der Waals surface area contributed by atoms with E-state index in [1.165, 1.54) is 0 Å². The number of aliphatic hydroxyl groups is 3. The van der Waals surface area contributed by atoms with Crippen molar-refractivity contribution in [3.05, 3.63) is 0 Å². The highest BCUT2D eigenvalue weighted by molar-refractivity contribution is 4.75. The molecule has 0 aromatic carbocycles. The van der Waals surface area contributed by atoms with Gasteiger partial charge in [0.15, 0.2) is 6.29 Å². The molecule has 3 N–H and O–H groups in total. The second-order valence-corrected chi connectivity index (χ2v) is 2.11. The van der Waals surface area contributed by atoms with Gasteiger partial charge in [-0.05, 0) is 0 Å². The first-order valence-electron chi connectivity index (χ1n) is 2.86. The molecule has 10 heavy (non-hydrogen) atoms. The Hall–Kier alpha value is -0.160. The zero-order valence-corrected chi connectivity index (χ0v) is 4.90. The number of hydrogen-bond donors (Lipinski definition) is 3. The van der Waals surface area contributed by atoms with Crippen molar-refractivity contribution in [3.8, 4) is 0 Å². The van der Waals surface area contributed by atoms with Crippen molar-refractivity contribution in [2.75, 3.05) is 6.61 Å². The van der Waals surface area contributed by atoms with Gasteiger partial charge >= 0.3 is 0 Å². The van der Waals surface area contributed by atoms with Crippen molar-refractivity contribution in [3.63, 3.8) is 0 Å². The van der Waals surface area contributed by atoms with Crippen LogP contribution in [0.5, 0.6) is 0 Å². The summed E-state index contributed by atoms with van der Waals surface area (Å²) in [5, 5.41) is 26.1. The molecule has 0 aromatic rings. The van der Waals surface area contributed by atoms with Gasteiger partial charge in [0.1, 0.15) is 6.10 Å². The van der Waals surface area contributed by atoms with E-state index in [1.54, 1.807) is 0 Å². The van der Waals surface area contributed by atoms with Crippen molar-refractivity contribution in [1.82, 2.24) is 0 Å². The van der Waals surface area contributed by atoms with E-state index in [0.717, 1.165) is 0 Å². The van der Waals surface area contributed by atoms with Crippen LogP contribution in [0, 0.1) is 0 Å². The third kappa shape index (κ3) is 1.91. The average Bonchev–Trinajstić information content (AvgIpc) is 2.10. The summed E-state index contributed by atoms with van der Waals surface area (Å²) in [6.07, 6.45) is -2.02. The van der Waals surface area contributed by atoms with Gasteiger partial charge in [-0.3, -0.25) is 0 Å². The Morgan fingerprint density at radius 2 is 2.00 bits per heavy atom. The summed E-state index contributed by atoms with van der Waals surface area (Å²) in [6, 6.07) is 0. The predicted molar refractivity (Wildman–Crippen MR) is 35.3 cm³/mol. The summed E-state index contributed by atoms with van der Waals surface area (Å²) in [7, 11) is 0. The number of hydrogen-bond acceptors (Lipinski definition) is 4. The van der Waals surface area contributed by atoms with E-state index in [2.05, 4.69) is 4.74 Å². The molecule has 1 saturated heterocycles. The minimum atomic E-state index is -0.905. The van der Waals surface area contributed by atoms with Crippen molar-refractivity contribution in [2.45, 2.75) is 32.3 Å². The third-order valence-electron chi connectivity index (χ3n) is 1.38. The highest BCUT2D eigenvalue weighted by atomic mass is 16.6. The largest absolute Gasteiger partial charge is 0.394 e. The maximum absolute atomic E-state index is 8.91. The van der Waals surface area contributed by atoms with Crippen LogP contribution in [0.3, 0.4) is 0 Å². The molecule has 0 aliphatic carbocycles. The molecule has 0 aromatic heterocycles. The second kappa shape index (κ2) is 3.88. The fourth-order valence-electron chi connectivity index (χ4n) is 0.871. The van der Waals surface area contributed by atoms with E-state index in [1.807, 2.05) is 0 Å². The fourth-order valence-corrected chi connectivity index (χ4v) is 0.871. The molecule has 1 fully saturated rings. The van der Waals surface area contributed by atoms with E-state index in [-0.39, 0.29) is 20.5 Å². The van der Waals surface area contributed by atoms with Crippen molar-refractivity contribution < 1.29 is 20.1 Å². The molecule has 1 unspecified atom stereocenters. The van der Waals surface area contributed by atoms with E-state index in [0.29, 0.717) is 0 Å². The molecule has 1 aliphatic heterocycles. The SMILES string of the molecule is C.OC[C@H]1O[C@@H](O)CC1O. The molecule has 4 nitrogen and oxygen atoms in total. The molecular formula is C6H14O4. The summed E-state index contributed by atoms with van der Waals surface area (Å²) in [5.74, 6) is 0. The highest BCUT2D eigenvalue weighted by Gasteiger charge is 2.31. The van der Waals surface area contributed by atoms with E-state index in [9.17, 15) is 0 Å². The molecule has 3 atom stereocenters. The van der Waals surface area contributed by atoms with E-state index >= 15 is 0 Å². The van der Waals surface area contributed by atoms with Crippen LogP contribution in [-0.2, 0) is 4.74 Å². The Morgan fingerprint density at radius 3 is 2.20 bits per heavy atom. The monoisotopic (exact) mass is 150 g/mol. The van der Waals surface area contributed by atoms with E-state index < -0.39 is 18.5 Å². The van der Waals surface area contributed by atoms with Gasteiger partial charge in [0.05, 0.1) is 12.7 Å². The Morgan fingerprint density at radius 1 is 1.40 bits per heavy atom. The first-order valence-corrected chi connectivity index (χ1v) is 2.86. The van der Waals surface area contributed by atoms with Gasteiger partial charge in [0.25, 0.3) is 0 Å². The molecule has 0 bridgehead atoms. The summed E-state index contributed by atoms with van der Waals surface area (Å²) in [4.78, 5) is 0. The molecule has 0 saturated carbocycles. The number of aliphatic hydroxyl groups excluding tert-OH is 3. The maximum atomic E-state index is 8.91. The molecule has 1 aliphatic rings. The summed E-state index contributed by atoms with van der Waals surface area (Å²) in [6.45, 7) is -0.238. The second-order valence-electron chi connectivity index (χ2n) is 2.11. The molecule has 0 spiro atoms. The van der Waals surface area contributed by atoms with Crippen LogP contribution in [0.25, 0.3) is 0 Å². The standard InChI is InChI=1S/C5H10O4.CH4/c6-2-4-3(7)1-5(8)9-4;/h3-8H,1-2H2;1H4/t3?,4-,5-;/m1./s1. The first kappa shape index (κ1) is 9.84.